The van der Waals surface area contributed by atoms with Crippen LogP contribution in [-0.2, 0) is 30.5 Å². The number of allylic oxidation sites excluding steroid dienone is 2. The molecule has 1 heterocycles. The van der Waals surface area contributed by atoms with Gasteiger partial charge in [0, 0.05) is 53.8 Å². The SMILES string of the molecule is CNCCC(CCCC=CC(=O)CCc1ccc(O)c(OCCc2ccc(O)c(C3CC(=O)c4cc[nH]c4CC#Cc4cc(C(N)N)ccc43)c2)c1)CCc1ccccc1. The number of carbonyl (C=O) groups excluding carboxylic acids is 2. The maximum Gasteiger partial charge on any atom is 0.165 e. The van der Waals surface area contributed by atoms with Crippen LogP contribution in [0, 0.1) is 17.8 Å². The summed E-state index contributed by atoms with van der Waals surface area (Å²) in [5.41, 5.74) is 19.4. The molecule has 6 rings (SSSR count). The Morgan fingerprint density at radius 1 is 0.900 bits per heavy atom. The first kappa shape index (κ1) is 43.7. The second-order valence-electron chi connectivity index (χ2n) is 15.8. The van der Waals surface area contributed by atoms with Crippen molar-refractivity contribution in [2.24, 2.45) is 17.4 Å². The fourth-order valence-corrected chi connectivity index (χ4v) is 7.95. The topological polar surface area (TPSA) is 164 Å². The lowest BCUT2D eigenvalue weighted by atomic mass is 9.81. The number of aromatic amines is 1. The van der Waals surface area contributed by atoms with Crippen LogP contribution in [-0.4, -0.2) is 47.0 Å². The van der Waals surface area contributed by atoms with Crippen molar-refractivity contribution in [2.45, 2.75) is 82.7 Å². The number of unbranched alkanes of at least 4 members (excludes halogenated alkanes) is 1. The number of rotatable bonds is 20. The van der Waals surface area contributed by atoms with Gasteiger partial charge in [-0.1, -0.05) is 85.0 Å². The van der Waals surface area contributed by atoms with Gasteiger partial charge in [-0.15, -0.1) is 0 Å². The summed E-state index contributed by atoms with van der Waals surface area (Å²) in [5, 5.41) is 25.1. The molecule has 0 saturated heterocycles. The van der Waals surface area contributed by atoms with Gasteiger partial charge in [0.1, 0.15) is 5.75 Å². The van der Waals surface area contributed by atoms with Crippen molar-refractivity contribution >= 4 is 11.6 Å². The molecular formula is C51H58N4O5. The summed E-state index contributed by atoms with van der Waals surface area (Å²) < 4.78 is 6.07. The number of phenols is 2. The Morgan fingerprint density at radius 2 is 1.70 bits per heavy atom. The van der Waals surface area contributed by atoms with Crippen LogP contribution in [0.3, 0.4) is 0 Å². The zero-order valence-corrected chi connectivity index (χ0v) is 34.6. The third kappa shape index (κ3) is 12.3. The van der Waals surface area contributed by atoms with Gasteiger partial charge >= 0.3 is 0 Å². The highest BCUT2D eigenvalue weighted by Crippen LogP contribution is 2.38. The molecule has 1 aliphatic rings. The smallest absolute Gasteiger partial charge is 0.165 e. The molecule has 60 heavy (non-hydrogen) atoms. The van der Waals surface area contributed by atoms with Crippen LogP contribution in [0.2, 0.25) is 0 Å². The molecule has 9 nitrogen and oxygen atoms in total. The highest BCUT2D eigenvalue weighted by atomic mass is 16.5. The Labute approximate surface area is 354 Å². The molecule has 2 atom stereocenters. The third-order valence-corrected chi connectivity index (χ3v) is 11.4. The van der Waals surface area contributed by atoms with Crippen LogP contribution in [0.15, 0.2) is 109 Å². The largest absolute Gasteiger partial charge is 0.508 e. The number of hydrogen-bond donors (Lipinski definition) is 6. The maximum absolute atomic E-state index is 13.7. The van der Waals surface area contributed by atoms with E-state index in [4.69, 9.17) is 16.2 Å². The van der Waals surface area contributed by atoms with Crippen molar-refractivity contribution < 1.29 is 24.5 Å². The number of aromatic nitrogens is 1. The molecule has 5 aromatic rings. The molecule has 1 aliphatic carbocycles. The number of benzene rings is 4. The Balaban J connectivity index is 1.04. The molecule has 0 bridgehead atoms. The average Bonchev–Trinajstić information content (AvgIpc) is 3.73. The number of ketones is 2. The number of hydrogen-bond acceptors (Lipinski definition) is 8. The first-order chi connectivity index (χ1) is 29.2. The fraction of sp³-hybridized carbons (Fsp3) is 0.333. The van der Waals surface area contributed by atoms with Crippen LogP contribution in [0.4, 0.5) is 0 Å². The quantitative estimate of drug-likeness (QED) is 0.0198. The Bertz CT molecular complexity index is 2300. The summed E-state index contributed by atoms with van der Waals surface area (Å²) >= 11 is 0. The predicted molar refractivity (Wildman–Crippen MR) is 238 cm³/mol. The number of aryl methyl sites for hydroxylation is 2. The molecule has 0 aliphatic heterocycles. The van der Waals surface area contributed by atoms with Crippen molar-refractivity contribution in [1.82, 2.24) is 10.3 Å². The van der Waals surface area contributed by atoms with E-state index in [0.717, 1.165) is 66.6 Å². The van der Waals surface area contributed by atoms with Crippen molar-refractivity contribution in [2.75, 3.05) is 20.2 Å². The minimum absolute atomic E-state index is 0.0200. The lowest BCUT2D eigenvalue weighted by Crippen LogP contribution is -2.20. The van der Waals surface area contributed by atoms with Gasteiger partial charge in [0.2, 0.25) is 0 Å². The highest BCUT2D eigenvalue weighted by Gasteiger charge is 2.27. The number of ether oxygens (including phenoxy) is 1. The molecule has 2 unspecified atom stereocenters. The molecule has 312 valence electrons. The molecule has 0 spiro atoms. The number of phenolic OH excluding ortho intramolecular Hbond substituents is 2. The normalized spacial score (nSPS) is 14.3. The third-order valence-electron chi connectivity index (χ3n) is 11.4. The molecule has 1 aromatic heterocycles. The van der Waals surface area contributed by atoms with Crippen molar-refractivity contribution in [3.8, 4) is 29.1 Å². The summed E-state index contributed by atoms with van der Waals surface area (Å²) in [5.74, 6) is 7.08. The molecule has 4 aromatic carbocycles. The first-order valence-corrected chi connectivity index (χ1v) is 21.2. The molecule has 9 heteroatoms. The van der Waals surface area contributed by atoms with E-state index < -0.39 is 12.1 Å². The van der Waals surface area contributed by atoms with Crippen LogP contribution in [0.1, 0.15) is 112 Å². The second-order valence-corrected chi connectivity index (χ2v) is 15.8. The zero-order chi connectivity index (χ0) is 42.3. The van der Waals surface area contributed by atoms with Gasteiger partial charge < -0.3 is 36.7 Å². The number of nitrogens with one attached hydrogen (secondary N) is 2. The molecule has 0 amide bonds. The van der Waals surface area contributed by atoms with Crippen LogP contribution in [0.25, 0.3) is 0 Å². The lowest BCUT2D eigenvalue weighted by Gasteiger charge is -2.22. The number of aromatic hydroxyl groups is 2. The van der Waals surface area contributed by atoms with Gasteiger partial charge in [-0.2, -0.15) is 0 Å². The van der Waals surface area contributed by atoms with Gasteiger partial charge in [0.25, 0.3) is 0 Å². The predicted octanol–water partition coefficient (Wildman–Crippen LogP) is 8.36. The van der Waals surface area contributed by atoms with E-state index in [0.29, 0.717) is 54.0 Å². The van der Waals surface area contributed by atoms with Gasteiger partial charge in [-0.3, -0.25) is 9.59 Å². The van der Waals surface area contributed by atoms with E-state index in [1.165, 1.54) is 12.0 Å². The monoisotopic (exact) mass is 806 g/mol. The van der Waals surface area contributed by atoms with E-state index in [1.807, 2.05) is 49.5 Å². The van der Waals surface area contributed by atoms with Gasteiger partial charge in [-0.25, -0.2) is 0 Å². The van der Waals surface area contributed by atoms with Crippen molar-refractivity contribution in [3.05, 3.63) is 160 Å². The Hall–Kier alpha value is -5.92. The summed E-state index contributed by atoms with van der Waals surface area (Å²) in [6.07, 6.45) is 13.1. The van der Waals surface area contributed by atoms with Crippen LogP contribution < -0.4 is 21.5 Å². The Morgan fingerprint density at radius 3 is 2.50 bits per heavy atom. The maximum atomic E-state index is 13.7. The van der Waals surface area contributed by atoms with E-state index >= 15 is 0 Å². The number of nitrogens with two attached hydrogens (primary N) is 2. The highest BCUT2D eigenvalue weighted by molar-refractivity contribution is 5.98. The van der Waals surface area contributed by atoms with Gasteiger partial charge in [0.15, 0.2) is 23.1 Å². The van der Waals surface area contributed by atoms with Gasteiger partial charge in [-0.05, 0) is 122 Å². The molecule has 0 radical (unpaired) electrons. The number of fused-ring (bicyclic) bond motifs is 2. The fourth-order valence-electron chi connectivity index (χ4n) is 7.95. The van der Waals surface area contributed by atoms with Gasteiger partial charge in [0.05, 0.1) is 19.2 Å². The summed E-state index contributed by atoms with van der Waals surface area (Å²) in [6, 6.07) is 28.6. The minimum Gasteiger partial charge on any atom is -0.508 e. The molecule has 0 saturated carbocycles. The average molecular weight is 807 g/mol. The summed E-state index contributed by atoms with van der Waals surface area (Å²) in [7, 11) is 2.00. The van der Waals surface area contributed by atoms with E-state index in [9.17, 15) is 19.8 Å². The van der Waals surface area contributed by atoms with Crippen molar-refractivity contribution in [3.63, 3.8) is 0 Å². The molecular weight excluding hydrogens is 749 g/mol. The number of Topliss-reactive ketones (excluding diaryl/α,β-unsaturated/α-hetero) is 1. The standard InChI is InChI=1S/C51H58N4O5/c1-54-28-25-36(16-15-35-9-4-2-5-10-35)11-6-3-7-13-41(56)21-17-37-19-24-48(58)50(32-37)60-30-27-38-18-23-47(57)45(31-38)44-34-49(59)43-26-29-55-46(43)14-8-12-39-33-40(51(52)53)20-22-42(39)44/h2,4-5,7,9-10,13,18-20,22-24,26,29,31-33,36,44,51,54-55,57-58H,3,6,11,14-17,21,25,27-28,30,34,52-53H2,1H3. The lowest BCUT2D eigenvalue weighted by molar-refractivity contribution is -0.114. The van der Waals surface area contributed by atoms with Crippen LogP contribution in [0.5, 0.6) is 17.2 Å². The number of carbonyl (C=O) groups is 2. The molecule has 8 N–H and O–H groups in total. The first-order valence-electron chi connectivity index (χ1n) is 21.2. The van der Waals surface area contributed by atoms with E-state index in [1.54, 1.807) is 36.5 Å². The Kier molecular flexibility index (Phi) is 15.9. The zero-order valence-electron chi connectivity index (χ0n) is 34.6. The van der Waals surface area contributed by atoms with Crippen LogP contribution >= 0.6 is 0 Å². The van der Waals surface area contributed by atoms with E-state index in [2.05, 4.69) is 52.5 Å². The summed E-state index contributed by atoms with van der Waals surface area (Å²) in [6.45, 7) is 1.26. The second kappa shape index (κ2) is 21.9. The minimum atomic E-state index is -0.688. The van der Waals surface area contributed by atoms with Crippen molar-refractivity contribution in [1.29, 1.82) is 0 Å². The number of H-pyrrole nitrogens is 1. The summed E-state index contributed by atoms with van der Waals surface area (Å²) in [4.78, 5) is 29.7. The molecule has 0 fully saturated rings. The van der Waals surface area contributed by atoms with E-state index in [-0.39, 0.29) is 36.1 Å².